The van der Waals surface area contributed by atoms with Crippen molar-refractivity contribution in [3.05, 3.63) is 23.5 Å². The minimum Gasteiger partial charge on any atom is -0.323 e. The van der Waals surface area contributed by atoms with Crippen molar-refractivity contribution in [1.82, 2.24) is 9.58 Å². The maximum atomic E-state index is 3.65. The standard InChI is InChI=1S/C14H25N3/c1-11(2)16-9-7-14(8-10-16)15-17-12(3)5-6-13(17)4/h5-6,11,14-15H,7-10H2,1-4H3. The summed E-state index contributed by atoms with van der Waals surface area (Å²) >= 11 is 0. The van der Waals surface area contributed by atoms with E-state index in [4.69, 9.17) is 0 Å². The Morgan fingerprint density at radius 2 is 1.65 bits per heavy atom. The van der Waals surface area contributed by atoms with Gasteiger partial charge < -0.3 is 10.3 Å². The first-order chi connectivity index (χ1) is 8.08. The van der Waals surface area contributed by atoms with E-state index in [2.05, 4.69) is 54.8 Å². The fourth-order valence-electron chi connectivity index (χ4n) is 2.60. The normalized spacial score (nSPS) is 18.9. The average molecular weight is 235 g/mol. The Kier molecular flexibility index (Phi) is 3.77. The molecule has 1 aromatic heterocycles. The molecule has 0 saturated carbocycles. The highest BCUT2D eigenvalue weighted by Crippen LogP contribution is 2.15. The zero-order chi connectivity index (χ0) is 12.4. The molecule has 0 aliphatic carbocycles. The van der Waals surface area contributed by atoms with Gasteiger partial charge in [-0.15, -0.1) is 0 Å². The zero-order valence-electron chi connectivity index (χ0n) is 11.5. The first kappa shape index (κ1) is 12.5. The second-order valence-electron chi connectivity index (χ2n) is 5.48. The molecule has 0 radical (unpaired) electrons. The van der Waals surface area contributed by atoms with Crippen molar-refractivity contribution in [2.24, 2.45) is 0 Å². The second kappa shape index (κ2) is 5.13. The molecule has 17 heavy (non-hydrogen) atoms. The highest BCUT2D eigenvalue weighted by atomic mass is 15.4. The molecule has 0 unspecified atom stereocenters. The molecule has 0 atom stereocenters. The minimum atomic E-state index is 0.620. The SMILES string of the molecule is Cc1ccc(C)n1NC1CCN(C(C)C)CC1. The van der Waals surface area contributed by atoms with Crippen LogP contribution in [0.5, 0.6) is 0 Å². The number of likely N-dealkylation sites (tertiary alicyclic amines) is 1. The molecule has 96 valence electrons. The van der Waals surface area contributed by atoms with Gasteiger partial charge in [0.25, 0.3) is 0 Å². The van der Waals surface area contributed by atoms with Crippen molar-refractivity contribution in [1.29, 1.82) is 0 Å². The lowest BCUT2D eigenvalue weighted by Gasteiger charge is -2.35. The Hall–Kier alpha value is -0.960. The summed E-state index contributed by atoms with van der Waals surface area (Å²) < 4.78 is 2.23. The summed E-state index contributed by atoms with van der Waals surface area (Å²) in [5.74, 6) is 0. The van der Waals surface area contributed by atoms with Gasteiger partial charge in [-0.3, -0.25) is 4.68 Å². The van der Waals surface area contributed by atoms with Crippen LogP contribution in [0.15, 0.2) is 12.1 Å². The maximum Gasteiger partial charge on any atom is 0.0448 e. The van der Waals surface area contributed by atoms with Crippen LogP contribution in [0.4, 0.5) is 0 Å². The number of aromatic nitrogens is 1. The molecule has 3 nitrogen and oxygen atoms in total. The van der Waals surface area contributed by atoms with Gasteiger partial charge >= 0.3 is 0 Å². The van der Waals surface area contributed by atoms with Gasteiger partial charge in [-0.05, 0) is 52.7 Å². The van der Waals surface area contributed by atoms with E-state index in [1.807, 2.05) is 0 Å². The van der Waals surface area contributed by atoms with Crippen LogP contribution in [0.3, 0.4) is 0 Å². The fourth-order valence-corrected chi connectivity index (χ4v) is 2.60. The lowest BCUT2D eigenvalue weighted by molar-refractivity contribution is 0.174. The van der Waals surface area contributed by atoms with Gasteiger partial charge in [-0.2, -0.15) is 0 Å². The van der Waals surface area contributed by atoms with Gasteiger partial charge in [0.1, 0.15) is 0 Å². The van der Waals surface area contributed by atoms with Gasteiger partial charge in [-0.25, -0.2) is 0 Å². The van der Waals surface area contributed by atoms with Crippen molar-refractivity contribution in [3.63, 3.8) is 0 Å². The molecular formula is C14H25N3. The predicted octanol–water partition coefficient (Wildman–Crippen LogP) is 2.52. The first-order valence-corrected chi connectivity index (χ1v) is 6.73. The van der Waals surface area contributed by atoms with Crippen molar-refractivity contribution in [2.75, 3.05) is 18.5 Å². The van der Waals surface area contributed by atoms with Gasteiger partial charge in [-0.1, -0.05) is 0 Å². The summed E-state index contributed by atoms with van der Waals surface area (Å²) in [6.45, 7) is 11.3. The Morgan fingerprint density at radius 1 is 1.12 bits per heavy atom. The quantitative estimate of drug-likeness (QED) is 0.868. The van der Waals surface area contributed by atoms with E-state index in [0.717, 1.165) is 0 Å². The predicted molar refractivity (Wildman–Crippen MR) is 73.0 cm³/mol. The number of aryl methyl sites for hydroxylation is 2. The minimum absolute atomic E-state index is 0.620. The summed E-state index contributed by atoms with van der Waals surface area (Å²) in [5, 5.41) is 0. The van der Waals surface area contributed by atoms with Gasteiger partial charge in [0.15, 0.2) is 0 Å². The third kappa shape index (κ3) is 2.83. The monoisotopic (exact) mass is 235 g/mol. The smallest absolute Gasteiger partial charge is 0.0448 e. The molecule has 2 rings (SSSR count). The zero-order valence-corrected chi connectivity index (χ0v) is 11.5. The van der Waals surface area contributed by atoms with E-state index in [1.54, 1.807) is 0 Å². The molecule has 0 aromatic carbocycles. The molecule has 0 spiro atoms. The fraction of sp³-hybridized carbons (Fsp3) is 0.714. The lowest BCUT2D eigenvalue weighted by Crippen LogP contribution is -2.44. The number of hydrogen-bond acceptors (Lipinski definition) is 2. The summed E-state index contributed by atoms with van der Waals surface area (Å²) in [4.78, 5) is 2.56. The Labute approximate surface area is 105 Å². The first-order valence-electron chi connectivity index (χ1n) is 6.73. The molecule has 1 fully saturated rings. The van der Waals surface area contributed by atoms with Crippen LogP contribution in [-0.2, 0) is 0 Å². The molecule has 1 aliphatic rings. The number of nitrogens with zero attached hydrogens (tertiary/aromatic N) is 2. The molecule has 1 saturated heterocycles. The maximum absolute atomic E-state index is 3.65. The molecule has 0 bridgehead atoms. The summed E-state index contributed by atoms with van der Waals surface area (Å²) in [6.07, 6.45) is 2.49. The molecule has 1 aromatic rings. The van der Waals surface area contributed by atoms with Crippen LogP contribution < -0.4 is 5.43 Å². The lowest BCUT2D eigenvalue weighted by atomic mass is 10.0. The van der Waals surface area contributed by atoms with E-state index in [9.17, 15) is 0 Å². The second-order valence-corrected chi connectivity index (χ2v) is 5.48. The van der Waals surface area contributed by atoms with Crippen LogP contribution in [0.1, 0.15) is 38.1 Å². The molecule has 0 amide bonds. The van der Waals surface area contributed by atoms with Crippen molar-refractivity contribution < 1.29 is 0 Å². The number of piperidine rings is 1. The molecule has 1 aliphatic heterocycles. The van der Waals surface area contributed by atoms with Crippen LogP contribution in [0.25, 0.3) is 0 Å². The number of hydrogen-bond donors (Lipinski definition) is 1. The van der Waals surface area contributed by atoms with Gasteiger partial charge in [0.05, 0.1) is 0 Å². The third-order valence-electron chi connectivity index (χ3n) is 3.84. The van der Waals surface area contributed by atoms with E-state index in [-0.39, 0.29) is 0 Å². The molecule has 1 N–H and O–H groups in total. The largest absolute Gasteiger partial charge is 0.323 e. The van der Waals surface area contributed by atoms with Gasteiger partial charge in [0.2, 0.25) is 0 Å². The number of rotatable bonds is 3. The van der Waals surface area contributed by atoms with Crippen LogP contribution >= 0.6 is 0 Å². The summed E-state index contributed by atoms with van der Waals surface area (Å²) in [7, 11) is 0. The van der Waals surface area contributed by atoms with Crippen LogP contribution in [0, 0.1) is 13.8 Å². The van der Waals surface area contributed by atoms with Gasteiger partial charge in [0, 0.05) is 36.6 Å². The van der Waals surface area contributed by atoms with Crippen molar-refractivity contribution in [3.8, 4) is 0 Å². The number of nitrogens with one attached hydrogen (secondary N) is 1. The van der Waals surface area contributed by atoms with Crippen LogP contribution in [0.2, 0.25) is 0 Å². The van der Waals surface area contributed by atoms with E-state index < -0.39 is 0 Å². The summed E-state index contributed by atoms with van der Waals surface area (Å²) in [5.41, 5.74) is 6.25. The Balaban J connectivity index is 1.90. The third-order valence-corrected chi connectivity index (χ3v) is 3.84. The van der Waals surface area contributed by atoms with Crippen molar-refractivity contribution >= 4 is 0 Å². The van der Waals surface area contributed by atoms with E-state index in [0.29, 0.717) is 12.1 Å². The highest BCUT2D eigenvalue weighted by Gasteiger charge is 2.21. The Bertz CT molecular complexity index is 340. The van der Waals surface area contributed by atoms with E-state index in [1.165, 1.54) is 37.3 Å². The Morgan fingerprint density at radius 3 is 2.12 bits per heavy atom. The van der Waals surface area contributed by atoms with E-state index >= 15 is 0 Å². The highest BCUT2D eigenvalue weighted by molar-refractivity contribution is 5.16. The average Bonchev–Trinajstić information content (AvgIpc) is 2.61. The molecular weight excluding hydrogens is 210 g/mol. The topological polar surface area (TPSA) is 20.2 Å². The summed E-state index contributed by atoms with van der Waals surface area (Å²) in [6, 6.07) is 5.65. The molecule has 3 heteroatoms. The van der Waals surface area contributed by atoms with Crippen LogP contribution in [-0.4, -0.2) is 34.7 Å². The van der Waals surface area contributed by atoms with Crippen molar-refractivity contribution in [2.45, 2.75) is 52.6 Å². The molecule has 2 heterocycles.